The highest BCUT2D eigenvalue weighted by Gasteiger charge is 2.46. The standard InChI is InChI=1S/C19H23NO3/c1-12(21)13-2-3-15-9-16(5-4-14(15)8-13)17-6-7-19(10-17)11-23-18(22)20-19/h4-5,9,13,17H,2-3,6-8,10-11H2,1H3,(H,20,22)/t13?,17-,19+/m0/s1. The van der Waals surface area contributed by atoms with Crippen molar-refractivity contribution in [2.75, 3.05) is 6.61 Å². The van der Waals surface area contributed by atoms with Gasteiger partial charge in [0.05, 0.1) is 5.54 Å². The molecule has 1 aromatic carbocycles. The molecule has 1 saturated carbocycles. The van der Waals surface area contributed by atoms with Crippen molar-refractivity contribution in [1.82, 2.24) is 5.32 Å². The molecule has 3 aliphatic rings. The van der Waals surface area contributed by atoms with Crippen LogP contribution < -0.4 is 5.32 Å². The fourth-order valence-electron chi connectivity index (χ4n) is 4.52. The second-order valence-corrected chi connectivity index (χ2v) is 7.50. The molecular weight excluding hydrogens is 290 g/mol. The number of Topliss-reactive ketones (excluding diaryl/α,β-unsaturated/α-hetero) is 1. The van der Waals surface area contributed by atoms with Crippen LogP contribution in [0.25, 0.3) is 0 Å². The summed E-state index contributed by atoms with van der Waals surface area (Å²) in [6.07, 6.45) is 5.66. The van der Waals surface area contributed by atoms with Gasteiger partial charge in [-0.25, -0.2) is 4.79 Å². The number of carbonyl (C=O) groups excluding carboxylic acids is 2. The maximum Gasteiger partial charge on any atom is 0.407 e. The zero-order valence-electron chi connectivity index (χ0n) is 13.6. The predicted molar refractivity (Wildman–Crippen MR) is 86.4 cm³/mol. The molecule has 2 fully saturated rings. The van der Waals surface area contributed by atoms with Crippen molar-refractivity contribution in [3.05, 3.63) is 34.9 Å². The van der Waals surface area contributed by atoms with Gasteiger partial charge in [-0.05, 0) is 68.1 Å². The first-order valence-corrected chi connectivity index (χ1v) is 8.62. The molecule has 4 heteroatoms. The number of amides is 1. The molecule has 1 heterocycles. The van der Waals surface area contributed by atoms with Crippen LogP contribution in [0.2, 0.25) is 0 Å². The summed E-state index contributed by atoms with van der Waals surface area (Å²) in [4.78, 5) is 23.0. The van der Waals surface area contributed by atoms with Crippen molar-refractivity contribution in [1.29, 1.82) is 0 Å². The molecule has 1 aliphatic heterocycles. The molecule has 1 amide bonds. The number of hydrogen-bond acceptors (Lipinski definition) is 3. The Morgan fingerprint density at radius 1 is 1.30 bits per heavy atom. The van der Waals surface area contributed by atoms with Gasteiger partial charge >= 0.3 is 6.09 Å². The quantitative estimate of drug-likeness (QED) is 0.912. The fraction of sp³-hybridized carbons (Fsp3) is 0.579. The van der Waals surface area contributed by atoms with Crippen molar-refractivity contribution < 1.29 is 14.3 Å². The van der Waals surface area contributed by atoms with E-state index in [0.29, 0.717) is 18.3 Å². The van der Waals surface area contributed by atoms with Crippen molar-refractivity contribution >= 4 is 11.9 Å². The van der Waals surface area contributed by atoms with Crippen LogP contribution in [0.15, 0.2) is 18.2 Å². The molecule has 0 radical (unpaired) electrons. The van der Waals surface area contributed by atoms with Gasteiger partial charge in [0.2, 0.25) is 0 Å². The van der Waals surface area contributed by atoms with E-state index in [9.17, 15) is 9.59 Å². The second-order valence-electron chi connectivity index (χ2n) is 7.50. The van der Waals surface area contributed by atoms with Crippen LogP contribution in [-0.4, -0.2) is 24.0 Å². The molecule has 4 rings (SSSR count). The van der Waals surface area contributed by atoms with Gasteiger partial charge in [-0.2, -0.15) is 0 Å². The summed E-state index contributed by atoms with van der Waals surface area (Å²) in [5.41, 5.74) is 3.98. The first-order valence-electron chi connectivity index (χ1n) is 8.62. The third-order valence-corrected chi connectivity index (χ3v) is 5.96. The third-order valence-electron chi connectivity index (χ3n) is 5.96. The Bertz CT molecular complexity index is 669. The van der Waals surface area contributed by atoms with Crippen LogP contribution in [0.1, 0.15) is 55.2 Å². The van der Waals surface area contributed by atoms with Gasteiger partial charge in [0.1, 0.15) is 12.4 Å². The smallest absolute Gasteiger partial charge is 0.407 e. The van der Waals surface area contributed by atoms with E-state index in [0.717, 1.165) is 38.5 Å². The Balaban J connectivity index is 1.51. The molecule has 122 valence electrons. The number of ketones is 1. The molecule has 0 bridgehead atoms. The molecule has 2 aliphatic carbocycles. The number of fused-ring (bicyclic) bond motifs is 1. The topological polar surface area (TPSA) is 55.4 Å². The van der Waals surface area contributed by atoms with Crippen LogP contribution in [0.4, 0.5) is 4.79 Å². The third kappa shape index (κ3) is 2.64. The lowest BCUT2D eigenvalue weighted by Gasteiger charge is -2.24. The van der Waals surface area contributed by atoms with Crippen molar-refractivity contribution in [2.45, 2.75) is 56.9 Å². The monoisotopic (exact) mass is 313 g/mol. The van der Waals surface area contributed by atoms with Crippen LogP contribution in [-0.2, 0) is 22.4 Å². The minimum absolute atomic E-state index is 0.141. The van der Waals surface area contributed by atoms with E-state index in [4.69, 9.17) is 4.74 Å². The molecule has 1 aromatic rings. The highest BCUT2D eigenvalue weighted by atomic mass is 16.6. The Kier molecular flexibility index (Phi) is 3.43. The van der Waals surface area contributed by atoms with Gasteiger partial charge in [-0.15, -0.1) is 0 Å². The zero-order chi connectivity index (χ0) is 16.0. The summed E-state index contributed by atoms with van der Waals surface area (Å²) >= 11 is 0. The largest absolute Gasteiger partial charge is 0.447 e. The maximum atomic E-state index is 11.6. The van der Waals surface area contributed by atoms with Gasteiger partial charge in [0, 0.05) is 5.92 Å². The number of hydrogen-bond donors (Lipinski definition) is 1. The molecule has 0 aromatic heterocycles. The zero-order valence-corrected chi connectivity index (χ0v) is 13.6. The fourth-order valence-corrected chi connectivity index (χ4v) is 4.52. The lowest BCUT2D eigenvalue weighted by molar-refractivity contribution is -0.121. The molecule has 1 N–H and O–H groups in total. The molecule has 1 spiro atoms. The summed E-state index contributed by atoms with van der Waals surface area (Å²) < 4.78 is 5.12. The van der Waals surface area contributed by atoms with E-state index in [-0.39, 0.29) is 17.6 Å². The SMILES string of the molecule is CC(=O)C1CCc2cc([C@H]3CC[C@]4(COC(=O)N4)C3)ccc2C1. The van der Waals surface area contributed by atoms with E-state index in [1.807, 2.05) is 0 Å². The van der Waals surface area contributed by atoms with Crippen LogP contribution in [0.3, 0.4) is 0 Å². The van der Waals surface area contributed by atoms with Gasteiger partial charge in [0.15, 0.2) is 0 Å². The Morgan fingerprint density at radius 2 is 2.17 bits per heavy atom. The summed E-state index contributed by atoms with van der Waals surface area (Å²) in [5, 5.41) is 3.01. The molecule has 3 atom stereocenters. The number of rotatable bonds is 2. The predicted octanol–water partition coefficient (Wildman–Crippen LogP) is 3.13. The average molecular weight is 313 g/mol. The number of alkyl carbamates (subject to hydrolysis) is 1. The van der Waals surface area contributed by atoms with Crippen LogP contribution in [0, 0.1) is 5.92 Å². The van der Waals surface area contributed by atoms with Crippen LogP contribution in [0.5, 0.6) is 0 Å². The van der Waals surface area contributed by atoms with Gasteiger partial charge in [-0.1, -0.05) is 18.2 Å². The number of nitrogens with one attached hydrogen (secondary N) is 1. The number of aryl methyl sites for hydroxylation is 1. The first kappa shape index (κ1) is 14.7. The van der Waals surface area contributed by atoms with Crippen molar-refractivity contribution in [3.63, 3.8) is 0 Å². The normalized spacial score (nSPS) is 32.5. The Hall–Kier alpha value is -1.84. The van der Waals surface area contributed by atoms with E-state index in [2.05, 4.69) is 23.5 Å². The maximum absolute atomic E-state index is 11.6. The molecule has 23 heavy (non-hydrogen) atoms. The molecule has 1 unspecified atom stereocenters. The van der Waals surface area contributed by atoms with Crippen molar-refractivity contribution in [3.8, 4) is 0 Å². The summed E-state index contributed by atoms with van der Waals surface area (Å²) in [7, 11) is 0. The summed E-state index contributed by atoms with van der Waals surface area (Å²) in [5.74, 6) is 1.01. The van der Waals surface area contributed by atoms with Gasteiger partial charge in [-0.3, -0.25) is 4.79 Å². The highest BCUT2D eigenvalue weighted by molar-refractivity contribution is 5.79. The second kappa shape index (κ2) is 5.36. The number of carbonyl (C=O) groups is 2. The van der Waals surface area contributed by atoms with Gasteiger partial charge < -0.3 is 10.1 Å². The minimum Gasteiger partial charge on any atom is -0.447 e. The van der Waals surface area contributed by atoms with Crippen molar-refractivity contribution in [2.24, 2.45) is 5.92 Å². The summed E-state index contributed by atoms with van der Waals surface area (Å²) in [6, 6.07) is 6.78. The summed E-state index contributed by atoms with van der Waals surface area (Å²) in [6.45, 7) is 2.22. The van der Waals surface area contributed by atoms with E-state index < -0.39 is 0 Å². The molecular formula is C19H23NO3. The average Bonchev–Trinajstić information content (AvgIpc) is 3.12. The van der Waals surface area contributed by atoms with Crippen LogP contribution >= 0.6 is 0 Å². The molecule has 4 nitrogen and oxygen atoms in total. The number of cyclic esters (lactones) is 1. The van der Waals surface area contributed by atoms with E-state index in [1.54, 1.807) is 6.92 Å². The minimum atomic E-state index is -0.272. The first-order chi connectivity index (χ1) is 11.0. The lowest BCUT2D eigenvalue weighted by Crippen LogP contribution is -2.40. The highest BCUT2D eigenvalue weighted by Crippen LogP contribution is 2.43. The number of ether oxygens (including phenoxy) is 1. The van der Waals surface area contributed by atoms with E-state index >= 15 is 0 Å². The lowest BCUT2D eigenvalue weighted by atomic mass is 9.80. The van der Waals surface area contributed by atoms with E-state index in [1.165, 1.54) is 16.7 Å². The Morgan fingerprint density at radius 3 is 2.91 bits per heavy atom. The Labute approximate surface area is 136 Å². The molecule has 1 saturated heterocycles. The van der Waals surface area contributed by atoms with Gasteiger partial charge in [0.25, 0.3) is 0 Å². The number of benzene rings is 1.